The maximum Gasteiger partial charge on any atom is 0.335 e. The van der Waals surface area contributed by atoms with Crippen molar-refractivity contribution in [3.05, 3.63) is 40.7 Å². The number of rotatable bonds is 6. The van der Waals surface area contributed by atoms with Gasteiger partial charge in [-0.25, -0.2) is 8.42 Å². The highest BCUT2D eigenvalue weighted by Crippen LogP contribution is 2.14. The van der Waals surface area contributed by atoms with Crippen molar-refractivity contribution in [2.75, 3.05) is 12.8 Å². The minimum Gasteiger partial charge on any atom is -0.413 e. The highest BCUT2D eigenvalue weighted by Gasteiger charge is 2.16. The molecule has 22 heavy (non-hydrogen) atoms. The van der Waals surface area contributed by atoms with Crippen LogP contribution in [-0.4, -0.2) is 37.3 Å². The van der Waals surface area contributed by atoms with E-state index in [9.17, 15) is 13.2 Å². The SMILES string of the molecule is CS(=O)(=O)c1nnc(CCCNC(=O)c2ccccc2Cl)o1. The van der Waals surface area contributed by atoms with E-state index in [4.69, 9.17) is 16.0 Å². The molecule has 1 amide bonds. The molecular formula is C13H14ClN3O4S. The van der Waals surface area contributed by atoms with E-state index in [-0.39, 0.29) is 11.8 Å². The van der Waals surface area contributed by atoms with Gasteiger partial charge < -0.3 is 9.73 Å². The Bertz CT molecular complexity index is 773. The normalized spacial score (nSPS) is 11.4. The number of aryl methyl sites for hydroxylation is 1. The Labute approximate surface area is 132 Å². The van der Waals surface area contributed by atoms with Gasteiger partial charge in [-0.15, -0.1) is 5.10 Å². The van der Waals surface area contributed by atoms with Crippen LogP contribution in [0.25, 0.3) is 0 Å². The maximum absolute atomic E-state index is 11.9. The first-order valence-electron chi connectivity index (χ1n) is 6.43. The monoisotopic (exact) mass is 343 g/mol. The van der Waals surface area contributed by atoms with Crippen LogP contribution in [-0.2, 0) is 16.3 Å². The van der Waals surface area contributed by atoms with Crippen LogP contribution >= 0.6 is 11.6 Å². The summed E-state index contributed by atoms with van der Waals surface area (Å²) in [5.74, 6) is -0.0552. The number of halogens is 1. The Morgan fingerprint density at radius 3 is 2.68 bits per heavy atom. The Hall–Kier alpha value is -1.93. The second-order valence-corrected chi connectivity index (χ2v) is 6.87. The third-order valence-electron chi connectivity index (χ3n) is 2.74. The van der Waals surface area contributed by atoms with Gasteiger partial charge in [-0.1, -0.05) is 28.8 Å². The van der Waals surface area contributed by atoms with E-state index in [1.165, 1.54) is 0 Å². The van der Waals surface area contributed by atoms with E-state index in [0.29, 0.717) is 30.0 Å². The van der Waals surface area contributed by atoms with Crippen molar-refractivity contribution in [3.8, 4) is 0 Å². The molecule has 0 aliphatic carbocycles. The molecule has 1 N–H and O–H groups in total. The quantitative estimate of drug-likeness (QED) is 0.797. The highest BCUT2D eigenvalue weighted by molar-refractivity contribution is 7.90. The summed E-state index contributed by atoms with van der Waals surface area (Å²) in [5.41, 5.74) is 0.404. The predicted octanol–water partition coefficient (Wildman–Crippen LogP) is 1.49. The average Bonchev–Trinajstić information content (AvgIpc) is 2.93. The summed E-state index contributed by atoms with van der Waals surface area (Å²) < 4.78 is 27.4. The molecule has 118 valence electrons. The van der Waals surface area contributed by atoms with Crippen molar-refractivity contribution in [2.45, 2.75) is 18.1 Å². The molecule has 0 fully saturated rings. The van der Waals surface area contributed by atoms with E-state index in [2.05, 4.69) is 15.5 Å². The fourth-order valence-corrected chi connectivity index (χ4v) is 2.33. The molecule has 0 spiro atoms. The van der Waals surface area contributed by atoms with Crippen LogP contribution in [0.4, 0.5) is 0 Å². The van der Waals surface area contributed by atoms with Gasteiger partial charge in [0.1, 0.15) is 0 Å². The first-order chi connectivity index (χ1) is 10.4. The molecule has 0 aliphatic rings. The maximum atomic E-state index is 11.9. The van der Waals surface area contributed by atoms with Gasteiger partial charge >= 0.3 is 5.22 Å². The molecule has 1 aromatic heterocycles. The molecule has 0 saturated carbocycles. The number of sulfone groups is 1. The van der Waals surface area contributed by atoms with Crippen molar-refractivity contribution in [3.63, 3.8) is 0 Å². The third-order valence-corrected chi connectivity index (χ3v) is 3.87. The standard InChI is InChI=1S/C13H14ClN3O4S/c1-22(19,20)13-17-16-11(21-13)7-4-8-15-12(18)9-5-2-3-6-10(9)14/h2-3,5-6H,4,7-8H2,1H3,(H,15,18). The van der Waals surface area contributed by atoms with Crippen LogP contribution in [0, 0.1) is 0 Å². The molecule has 0 radical (unpaired) electrons. The number of carbonyl (C=O) groups excluding carboxylic acids is 1. The number of carbonyl (C=O) groups is 1. The van der Waals surface area contributed by atoms with Crippen molar-refractivity contribution >= 4 is 27.3 Å². The molecule has 1 aromatic carbocycles. The molecule has 2 rings (SSSR count). The van der Waals surface area contributed by atoms with Crippen molar-refractivity contribution < 1.29 is 17.6 Å². The van der Waals surface area contributed by atoms with Crippen molar-refractivity contribution in [2.24, 2.45) is 0 Å². The molecule has 0 bridgehead atoms. The summed E-state index contributed by atoms with van der Waals surface area (Å²) in [6.07, 6.45) is 1.89. The third kappa shape index (κ3) is 4.28. The molecule has 9 heteroatoms. The largest absolute Gasteiger partial charge is 0.413 e. The van der Waals surface area contributed by atoms with Crippen LogP contribution in [0.5, 0.6) is 0 Å². The number of nitrogens with one attached hydrogen (secondary N) is 1. The van der Waals surface area contributed by atoms with Crippen LogP contribution in [0.3, 0.4) is 0 Å². The molecule has 1 heterocycles. The number of aromatic nitrogens is 2. The summed E-state index contributed by atoms with van der Waals surface area (Å²) in [6.45, 7) is 0.376. The topological polar surface area (TPSA) is 102 Å². The molecule has 0 unspecified atom stereocenters. The molecular weight excluding hydrogens is 330 g/mol. The zero-order valence-corrected chi connectivity index (χ0v) is 13.3. The predicted molar refractivity (Wildman–Crippen MR) is 79.5 cm³/mol. The summed E-state index contributed by atoms with van der Waals surface area (Å²) in [7, 11) is -3.49. The Morgan fingerprint density at radius 2 is 2.05 bits per heavy atom. The lowest BCUT2D eigenvalue weighted by Gasteiger charge is -2.05. The lowest BCUT2D eigenvalue weighted by atomic mass is 10.2. The number of amides is 1. The molecule has 0 aliphatic heterocycles. The fourth-order valence-electron chi connectivity index (χ4n) is 1.67. The lowest BCUT2D eigenvalue weighted by Crippen LogP contribution is -2.25. The summed E-state index contributed by atoms with van der Waals surface area (Å²) in [5, 5.41) is 9.79. The van der Waals surface area contributed by atoms with E-state index < -0.39 is 15.1 Å². The second-order valence-electron chi connectivity index (χ2n) is 4.57. The van der Waals surface area contributed by atoms with Crippen LogP contribution < -0.4 is 5.32 Å². The van der Waals surface area contributed by atoms with E-state index in [1.54, 1.807) is 24.3 Å². The zero-order chi connectivity index (χ0) is 16.2. The fraction of sp³-hybridized carbons (Fsp3) is 0.308. The number of hydrogen-bond acceptors (Lipinski definition) is 6. The molecule has 0 atom stereocenters. The minimum atomic E-state index is -3.49. The first-order valence-corrected chi connectivity index (χ1v) is 8.70. The smallest absolute Gasteiger partial charge is 0.335 e. The first kappa shape index (κ1) is 16.4. The van der Waals surface area contributed by atoms with Gasteiger partial charge in [0, 0.05) is 19.2 Å². The van der Waals surface area contributed by atoms with Crippen molar-refractivity contribution in [1.29, 1.82) is 0 Å². The highest BCUT2D eigenvalue weighted by atomic mass is 35.5. The van der Waals surface area contributed by atoms with Crippen LogP contribution in [0.15, 0.2) is 33.9 Å². The summed E-state index contributed by atoms with van der Waals surface area (Å²) in [4.78, 5) is 11.9. The number of benzene rings is 1. The second kappa shape index (κ2) is 6.89. The van der Waals surface area contributed by atoms with E-state index in [0.717, 1.165) is 6.26 Å². The van der Waals surface area contributed by atoms with Gasteiger partial charge in [0.2, 0.25) is 15.7 Å². The van der Waals surface area contributed by atoms with E-state index >= 15 is 0 Å². The van der Waals surface area contributed by atoms with Crippen molar-refractivity contribution in [1.82, 2.24) is 15.5 Å². The van der Waals surface area contributed by atoms with Crippen LogP contribution in [0.1, 0.15) is 22.7 Å². The molecule has 0 saturated heterocycles. The van der Waals surface area contributed by atoms with Gasteiger partial charge in [0.05, 0.1) is 10.6 Å². The average molecular weight is 344 g/mol. The van der Waals surface area contributed by atoms with Crippen LogP contribution in [0.2, 0.25) is 5.02 Å². The Balaban J connectivity index is 1.81. The van der Waals surface area contributed by atoms with E-state index in [1.807, 2.05) is 0 Å². The van der Waals surface area contributed by atoms with Gasteiger partial charge in [-0.2, -0.15) is 0 Å². The number of nitrogens with zero attached hydrogens (tertiary/aromatic N) is 2. The summed E-state index contributed by atoms with van der Waals surface area (Å²) >= 11 is 5.92. The van der Waals surface area contributed by atoms with Gasteiger partial charge in [0.25, 0.3) is 5.91 Å². The Morgan fingerprint density at radius 1 is 1.32 bits per heavy atom. The van der Waals surface area contributed by atoms with Gasteiger partial charge in [-0.3, -0.25) is 4.79 Å². The lowest BCUT2D eigenvalue weighted by molar-refractivity contribution is 0.0953. The Kier molecular flexibility index (Phi) is 5.15. The minimum absolute atomic E-state index is 0.215. The zero-order valence-electron chi connectivity index (χ0n) is 11.7. The molecule has 7 nitrogen and oxygen atoms in total. The van der Waals surface area contributed by atoms with Gasteiger partial charge in [0.15, 0.2) is 0 Å². The number of hydrogen-bond donors (Lipinski definition) is 1. The summed E-state index contributed by atoms with van der Waals surface area (Å²) in [6, 6.07) is 6.75. The van der Waals surface area contributed by atoms with Gasteiger partial charge in [-0.05, 0) is 18.6 Å². The molecule has 2 aromatic rings.